The highest BCUT2D eigenvalue weighted by atomic mass is 16.1. The molecular formula is C18H36O. The molecule has 0 heterocycles. The van der Waals surface area contributed by atoms with Crippen molar-refractivity contribution in [3.63, 3.8) is 0 Å². The third-order valence-electron chi connectivity index (χ3n) is 3.93. The minimum absolute atomic E-state index is 0.214. The van der Waals surface area contributed by atoms with Crippen LogP contribution in [0.2, 0.25) is 0 Å². The van der Waals surface area contributed by atoms with Gasteiger partial charge in [-0.2, -0.15) is 0 Å². The first kappa shape index (κ1) is 18.7. The summed E-state index contributed by atoms with van der Waals surface area (Å²) in [5.74, 6) is 0.331. The van der Waals surface area contributed by atoms with E-state index in [1.807, 2.05) is 0 Å². The number of carbonyl (C=O) groups is 1. The van der Waals surface area contributed by atoms with Gasteiger partial charge < -0.3 is 4.79 Å². The fourth-order valence-electron chi connectivity index (χ4n) is 2.85. The summed E-state index contributed by atoms with van der Waals surface area (Å²) in [5, 5.41) is 0. The minimum Gasteiger partial charge on any atom is -0.300 e. The number of hydrogen-bond donors (Lipinski definition) is 0. The van der Waals surface area contributed by atoms with Crippen LogP contribution in [0.25, 0.3) is 0 Å². The van der Waals surface area contributed by atoms with E-state index >= 15 is 0 Å². The molecule has 0 aromatic rings. The van der Waals surface area contributed by atoms with E-state index in [2.05, 4.69) is 20.8 Å². The van der Waals surface area contributed by atoms with E-state index < -0.39 is 0 Å². The average Bonchev–Trinajstić information content (AvgIpc) is 2.30. The standard InChI is InChI=1S/C18H36O/c1-5-6-7-8-9-10-11-12-13-14-15-18(3,4)16-17(2)19/h5-16H2,1-4H3. The number of hydrogen-bond acceptors (Lipinski definition) is 1. The predicted molar refractivity (Wildman–Crippen MR) is 85.5 cm³/mol. The van der Waals surface area contributed by atoms with Crippen LogP contribution < -0.4 is 0 Å². The van der Waals surface area contributed by atoms with E-state index in [4.69, 9.17) is 0 Å². The Kier molecular flexibility index (Phi) is 11.3. The Morgan fingerprint density at radius 1 is 0.789 bits per heavy atom. The topological polar surface area (TPSA) is 17.1 Å². The summed E-state index contributed by atoms with van der Waals surface area (Å²) >= 11 is 0. The maximum atomic E-state index is 11.1. The van der Waals surface area contributed by atoms with Crippen molar-refractivity contribution in [2.24, 2.45) is 5.41 Å². The van der Waals surface area contributed by atoms with E-state index in [0.29, 0.717) is 5.78 Å². The van der Waals surface area contributed by atoms with Gasteiger partial charge in [0.05, 0.1) is 0 Å². The van der Waals surface area contributed by atoms with Gasteiger partial charge in [-0.15, -0.1) is 0 Å². The second-order valence-corrected chi connectivity index (χ2v) is 6.97. The van der Waals surface area contributed by atoms with Gasteiger partial charge in [-0.3, -0.25) is 0 Å². The molecule has 0 fully saturated rings. The van der Waals surface area contributed by atoms with Gasteiger partial charge in [-0.1, -0.05) is 85.0 Å². The molecule has 0 aliphatic carbocycles. The first-order valence-electron chi connectivity index (χ1n) is 8.47. The van der Waals surface area contributed by atoms with Crippen molar-refractivity contribution < 1.29 is 4.79 Å². The van der Waals surface area contributed by atoms with Crippen LogP contribution in [-0.2, 0) is 4.79 Å². The lowest BCUT2D eigenvalue weighted by Gasteiger charge is -2.22. The van der Waals surface area contributed by atoms with Crippen LogP contribution in [0.3, 0.4) is 0 Å². The molecule has 1 nitrogen and oxygen atoms in total. The predicted octanol–water partition coefficient (Wildman–Crippen LogP) is 6.30. The van der Waals surface area contributed by atoms with Crippen LogP contribution in [0.1, 0.15) is 105 Å². The Morgan fingerprint density at radius 2 is 1.21 bits per heavy atom. The van der Waals surface area contributed by atoms with E-state index in [0.717, 1.165) is 6.42 Å². The highest BCUT2D eigenvalue weighted by molar-refractivity contribution is 5.76. The number of rotatable bonds is 13. The number of ketones is 1. The Hall–Kier alpha value is -0.330. The molecule has 0 saturated carbocycles. The number of Topliss-reactive ketones (excluding diaryl/α,β-unsaturated/α-hetero) is 1. The van der Waals surface area contributed by atoms with Gasteiger partial charge in [0.25, 0.3) is 0 Å². The molecule has 0 spiro atoms. The molecule has 0 N–H and O–H groups in total. The zero-order valence-electron chi connectivity index (χ0n) is 13.9. The Morgan fingerprint density at radius 3 is 1.63 bits per heavy atom. The Bertz CT molecular complexity index is 218. The molecule has 0 amide bonds. The zero-order chi connectivity index (χ0) is 14.6. The van der Waals surface area contributed by atoms with Crippen molar-refractivity contribution in [3.8, 4) is 0 Å². The van der Waals surface area contributed by atoms with E-state index in [1.54, 1.807) is 6.92 Å². The van der Waals surface area contributed by atoms with Crippen molar-refractivity contribution in [2.45, 2.75) is 105 Å². The van der Waals surface area contributed by atoms with Crippen LogP contribution >= 0.6 is 0 Å². The fraction of sp³-hybridized carbons (Fsp3) is 0.944. The lowest BCUT2D eigenvalue weighted by molar-refractivity contribution is -0.118. The molecule has 0 unspecified atom stereocenters. The Labute approximate surface area is 121 Å². The summed E-state index contributed by atoms with van der Waals surface area (Å²) in [7, 11) is 0. The van der Waals surface area contributed by atoms with Gasteiger partial charge in [0.1, 0.15) is 5.78 Å². The quantitative estimate of drug-likeness (QED) is 0.358. The molecule has 0 aliphatic rings. The molecule has 0 aromatic carbocycles. The maximum absolute atomic E-state index is 11.1. The van der Waals surface area contributed by atoms with Gasteiger partial charge in [0.2, 0.25) is 0 Å². The van der Waals surface area contributed by atoms with Gasteiger partial charge in [-0.25, -0.2) is 0 Å². The van der Waals surface area contributed by atoms with Gasteiger partial charge in [-0.05, 0) is 18.8 Å². The molecule has 0 aliphatic heterocycles. The molecule has 0 rings (SSSR count). The van der Waals surface area contributed by atoms with Crippen molar-refractivity contribution in [2.75, 3.05) is 0 Å². The minimum atomic E-state index is 0.214. The summed E-state index contributed by atoms with van der Waals surface area (Å²) in [5.41, 5.74) is 0.214. The molecule has 0 bridgehead atoms. The van der Waals surface area contributed by atoms with Crippen molar-refractivity contribution in [3.05, 3.63) is 0 Å². The molecule has 1 heteroatoms. The second kappa shape index (κ2) is 11.5. The fourth-order valence-corrected chi connectivity index (χ4v) is 2.85. The first-order chi connectivity index (χ1) is 8.98. The molecule has 0 saturated heterocycles. The monoisotopic (exact) mass is 268 g/mol. The van der Waals surface area contributed by atoms with Gasteiger partial charge in [0.15, 0.2) is 0 Å². The highest BCUT2D eigenvalue weighted by Crippen LogP contribution is 2.28. The third-order valence-corrected chi connectivity index (χ3v) is 3.93. The highest BCUT2D eigenvalue weighted by Gasteiger charge is 2.18. The van der Waals surface area contributed by atoms with Crippen LogP contribution in [0, 0.1) is 5.41 Å². The first-order valence-corrected chi connectivity index (χ1v) is 8.47. The van der Waals surface area contributed by atoms with E-state index in [-0.39, 0.29) is 5.41 Å². The molecule has 0 aromatic heterocycles. The van der Waals surface area contributed by atoms with Gasteiger partial charge in [0, 0.05) is 6.42 Å². The third kappa shape index (κ3) is 13.9. The van der Waals surface area contributed by atoms with Crippen molar-refractivity contribution in [1.82, 2.24) is 0 Å². The molecule has 0 atom stereocenters. The lowest BCUT2D eigenvalue weighted by atomic mass is 9.82. The van der Waals surface area contributed by atoms with Crippen LogP contribution in [0.15, 0.2) is 0 Å². The Balaban J connectivity index is 3.28. The second-order valence-electron chi connectivity index (χ2n) is 6.97. The average molecular weight is 268 g/mol. The normalized spacial score (nSPS) is 11.8. The molecular weight excluding hydrogens is 232 g/mol. The van der Waals surface area contributed by atoms with E-state index in [1.165, 1.54) is 70.6 Å². The summed E-state index contributed by atoms with van der Waals surface area (Å²) < 4.78 is 0. The number of unbranched alkanes of at least 4 members (excludes halogenated alkanes) is 9. The summed E-state index contributed by atoms with van der Waals surface area (Å²) in [6.07, 6.45) is 15.8. The molecule has 114 valence electrons. The SMILES string of the molecule is CCCCCCCCCCCCC(C)(C)CC(C)=O. The van der Waals surface area contributed by atoms with Crippen molar-refractivity contribution in [1.29, 1.82) is 0 Å². The van der Waals surface area contributed by atoms with Crippen LogP contribution in [0.4, 0.5) is 0 Å². The lowest BCUT2D eigenvalue weighted by Crippen LogP contribution is -2.15. The maximum Gasteiger partial charge on any atom is 0.130 e. The summed E-state index contributed by atoms with van der Waals surface area (Å²) in [6, 6.07) is 0. The smallest absolute Gasteiger partial charge is 0.130 e. The molecule has 19 heavy (non-hydrogen) atoms. The van der Waals surface area contributed by atoms with Crippen LogP contribution in [-0.4, -0.2) is 5.78 Å². The zero-order valence-corrected chi connectivity index (χ0v) is 13.9. The number of carbonyl (C=O) groups excluding carboxylic acids is 1. The molecule has 0 radical (unpaired) electrons. The van der Waals surface area contributed by atoms with E-state index in [9.17, 15) is 4.79 Å². The van der Waals surface area contributed by atoms with Crippen LogP contribution in [0.5, 0.6) is 0 Å². The largest absolute Gasteiger partial charge is 0.300 e. The summed E-state index contributed by atoms with van der Waals surface area (Å²) in [6.45, 7) is 8.43. The summed E-state index contributed by atoms with van der Waals surface area (Å²) in [4.78, 5) is 11.1. The van der Waals surface area contributed by atoms with Gasteiger partial charge >= 0.3 is 0 Å². The van der Waals surface area contributed by atoms with Crippen molar-refractivity contribution >= 4 is 5.78 Å².